The average Bonchev–Trinajstić information content (AvgIpc) is 2.72. The number of hydrogen-bond donors (Lipinski definition) is 0. The van der Waals surface area contributed by atoms with Gasteiger partial charge in [0.15, 0.2) is 0 Å². The molecule has 0 amide bonds. The Morgan fingerprint density at radius 3 is 2.63 bits per heavy atom. The topological polar surface area (TPSA) is 69.0 Å². The lowest BCUT2D eigenvalue weighted by molar-refractivity contribution is 0.0341. The smallest absolute Gasteiger partial charge is 0.351 e. The highest BCUT2D eigenvalue weighted by Gasteiger charge is 2.19. The van der Waals surface area contributed by atoms with E-state index in [-0.39, 0.29) is 5.56 Å². The Morgan fingerprint density at radius 2 is 1.87 bits per heavy atom. The van der Waals surface area contributed by atoms with Crippen molar-refractivity contribution in [3.05, 3.63) is 73.5 Å². The second-order valence-electron chi connectivity index (χ2n) is 7.45. The van der Waals surface area contributed by atoms with Gasteiger partial charge in [-0.2, -0.15) is 0 Å². The van der Waals surface area contributed by atoms with Crippen LogP contribution in [0.25, 0.3) is 11.0 Å². The summed E-state index contributed by atoms with van der Waals surface area (Å²) >= 11 is 3.38. The van der Waals surface area contributed by atoms with E-state index >= 15 is 0 Å². The van der Waals surface area contributed by atoms with E-state index in [4.69, 9.17) is 13.9 Å². The van der Waals surface area contributed by atoms with Crippen LogP contribution in [0.15, 0.2) is 50.1 Å². The zero-order chi connectivity index (χ0) is 21.3. The molecule has 4 rings (SSSR count). The maximum atomic E-state index is 12.7. The van der Waals surface area contributed by atoms with Gasteiger partial charge in [0.05, 0.1) is 13.2 Å². The molecule has 0 spiro atoms. The molecule has 1 saturated heterocycles. The van der Waals surface area contributed by atoms with Crippen molar-refractivity contribution < 1.29 is 18.7 Å². The van der Waals surface area contributed by atoms with Gasteiger partial charge >= 0.3 is 11.6 Å². The van der Waals surface area contributed by atoms with Gasteiger partial charge in [0.25, 0.3) is 0 Å². The van der Waals surface area contributed by atoms with Gasteiger partial charge in [0, 0.05) is 29.5 Å². The van der Waals surface area contributed by atoms with Gasteiger partial charge in [-0.1, -0.05) is 22.0 Å². The third kappa shape index (κ3) is 4.48. The number of carbonyl (C=O) groups excluding carboxylic acids is 1. The fraction of sp³-hybridized carbons (Fsp3) is 0.304. The third-order valence-corrected chi connectivity index (χ3v) is 5.74. The Morgan fingerprint density at radius 1 is 1.10 bits per heavy atom. The van der Waals surface area contributed by atoms with Crippen molar-refractivity contribution in [3.63, 3.8) is 0 Å². The highest BCUT2D eigenvalue weighted by Crippen LogP contribution is 2.26. The number of esters is 1. The molecule has 0 bridgehead atoms. The van der Waals surface area contributed by atoms with Crippen molar-refractivity contribution in [2.24, 2.45) is 0 Å². The maximum Gasteiger partial charge on any atom is 0.351 e. The van der Waals surface area contributed by atoms with Gasteiger partial charge in [-0.25, -0.2) is 9.59 Å². The first-order valence-electron chi connectivity index (χ1n) is 9.76. The molecule has 0 atom stereocenters. The van der Waals surface area contributed by atoms with Crippen molar-refractivity contribution in [1.29, 1.82) is 0 Å². The summed E-state index contributed by atoms with van der Waals surface area (Å²) in [5, 5.41) is 0.643. The molecule has 1 aliphatic rings. The number of aryl methyl sites for hydroxylation is 2. The third-order valence-electron chi connectivity index (χ3n) is 5.25. The van der Waals surface area contributed by atoms with E-state index in [0.29, 0.717) is 16.7 Å². The van der Waals surface area contributed by atoms with Gasteiger partial charge < -0.3 is 13.9 Å². The minimum Gasteiger partial charge on any atom is -0.422 e. The van der Waals surface area contributed by atoms with Crippen LogP contribution in [0.3, 0.4) is 0 Å². The molecule has 2 aromatic carbocycles. The summed E-state index contributed by atoms with van der Waals surface area (Å²) < 4.78 is 17.1. The zero-order valence-electron chi connectivity index (χ0n) is 16.9. The number of ether oxygens (including phenoxy) is 2. The molecule has 0 radical (unpaired) electrons. The van der Waals surface area contributed by atoms with Crippen LogP contribution < -0.4 is 10.4 Å². The summed E-state index contributed by atoms with van der Waals surface area (Å²) in [5.41, 5.74) is 2.63. The molecule has 30 heavy (non-hydrogen) atoms. The van der Waals surface area contributed by atoms with Crippen LogP contribution in [0.1, 0.15) is 27.0 Å². The maximum absolute atomic E-state index is 12.7. The Labute approximate surface area is 182 Å². The Balaban J connectivity index is 1.57. The molecule has 0 saturated carbocycles. The average molecular weight is 472 g/mol. The highest BCUT2D eigenvalue weighted by atomic mass is 79.9. The van der Waals surface area contributed by atoms with Crippen LogP contribution in [-0.2, 0) is 11.3 Å². The minimum absolute atomic E-state index is 0.130. The molecule has 0 N–H and O–H groups in total. The lowest BCUT2D eigenvalue weighted by Crippen LogP contribution is -2.35. The van der Waals surface area contributed by atoms with E-state index < -0.39 is 11.6 Å². The van der Waals surface area contributed by atoms with E-state index in [1.54, 1.807) is 18.2 Å². The first-order valence-corrected chi connectivity index (χ1v) is 10.6. The number of halogens is 1. The largest absolute Gasteiger partial charge is 0.422 e. The number of benzene rings is 2. The van der Waals surface area contributed by atoms with Gasteiger partial charge in [-0.3, -0.25) is 4.90 Å². The second-order valence-corrected chi connectivity index (χ2v) is 8.37. The molecule has 0 aliphatic carbocycles. The van der Waals surface area contributed by atoms with E-state index in [1.165, 1.54) is 11.6 Å². The molecule has 0 unspecified atom stereocenters. The molecule has 1 fully saturated rings. The van der Waals surface area contributed by atoms with Gasteiger partial charge in [0.2, 0.25) is 0 Å². The van der Waals surface area contributed by atoms with Crippen molar-refractivity contribution in [2.45, 2.75) is 20.4 Å². The van der Waals surface area contributed by atoms with E-state index in [0.717, 1.165) is 48.4 Å². The first kappa shape index (κ1) is 20.8. The summed E-state index contributed by atoms with van der Waals surface area (Å²) in [7, 11) is 0. The fourth-order valence-corrected chi connectivity index (χ4v) is 3.90. The fourth-order valence-electron chi connectivity index (χ4n) is 3.52. The standard InChI is InChI=1S/C23H22BrNO5/c1-14-10-21(15(2)9-17(14)13-25-5-7-28-8-6-25)30-23(27)19-12-16-11-18(24)3-4-20(16)29-22(19)26/h3-4,9-12H,5-8,13H2,1-2H3. The SMILES string of the molecule is Cc1cc(OC(=O)c2cc3cc(Br)ccc3oc2=O)c(C)cc1CN1CCOCC1. The Bertz CT molecular complexity index is 1160. The second kappa shape index (κ2) is 8.71. The minimum atomic E-state index is -0.728. The summed E-state index contributed by atoms with van der Waals surface area (Å²) in [6, 6.07) is 10.6. The lowest BCUT2D eigenvalue weighted by atomic mass is 10.0. The van der Waals surface area contributed by atoms with Crippen LogP contribution in [0.5, 0.6) is 5.75 Å². The number of fused-ring (bicyclic) bond motifs is 1. The van der Waals surface area contributed by atoms with Crippen molar-refractivity contribution in [1.82, 2.24) is 4.90 Å². The van der Waals surface area contributed by atoms with Crippen LogP contribution >= 0.6 is 15.9 Å². The summed E-state index contributed by atoms with van der Waals surface area (Å²) in [5.74, 6) is -0.286. The van der Waals surface area contributed by atoms with Crippen LogP contribution in [0.2, 0.25) is 0 Å². The predicted octanol–water partition coefficient (Wildman–Crippen LogP) is 4.22. The predicted molar refractivity (Wildman–Crippen MR) is 117 cm³/mol. The van der Waals surface area contributed by atoms with E-state index in [2.05, 4.69) is 20.8 Å². The molecular formula is C23H22BrNO5. The Kier molecular flexibility index (Phi) is 6.04. The monoisotopic (exact) mass is 471 g/mol. The van der Waals surface area contributed by atoms with Crippen LogP contribution in [-0.4, -0.2) is 37.2 Å². The highest BCUT2D eigenvalue weighted by molar-refractivity contribution is 9.10. The summed E-state index contributed by atoms with van der Waals surface area (Å²) in [4.78, 5) is 27.3. The molecule has 3 aromatic rings. The van der Waals surface area contributed by atoms with Crippen molar-refractivity contribution in [2.75, 3.05) is 26.3 Å². The van der Waals surface area contributed by atoms with E-state index in [9.17, 15) is 9.59 Å². The van der Waals surface area contributed by atoms with Gasteiger partial charge in [-0.15, -0.1) is 0 Å². The zero-order valence-corrected chi connectivity index (χ0v) is 18.5. The molecule has 2 heterocycles. The molecule has 6 nitrogen and oxygen atoms in total. The van der Waals surface area contributed by atoms with Crippen molar-refractivity contribution >= 4 is 32.9 Å². The van der Waals surface area contributed by atoms with Gasteiger partial charge in [0.1, 0.15) is 16.9 Å². The normalized spacial score (nSPS) is 14.8. The number of carbonyl (C=O) groups is 1. The van der Waals surface area contributed by atoms with Crippen molar-refractivity contribution in [3.8, 4) is 5.75 Å². The molecular weight excluding hydrogens is 450 g/mol. The summed E-state index contributed by atoms with van der Waals surface area (Å²) in [6.07, 6.45) is 0. The van der Waals surface area contributed by atoms with Crippen LogP contribution in [0.4, 0.5) is 0 Å². The molecule has 1 aromatic heterocycles. The van der Waals surface area contributed by atoms with Gasteiger partial charge in [-0.05, 0) is 60.9 Å². The summed E-state index contributed by atoms with van der Waals surface area (Å²) in [6.45, 7) is 8.02. The molecule has 1 aliphatic heterocycles. The molecule has 7 heteroatoms. The van der Waals surface area contributed by atoms with E-state index in [1.807, 2.05) is 26.0 Å². The Hall–Kier alpha value is -2.48. The molecule has 156 valence electrons. The number of morpholine rings is 1. The lowest BCUT2D eigenvalue weighted by Gasteiger charge is -2.27. The van der Waals surface area contributed by atoms with Crippen LogP contribution in [0, 0.1) is 13.8 Å². The first-order chi connectivity index (χ1) is 14.4. The number of hydrogen-bond acceptors (Lipinski definition) is 6. The number of rotatable bonds is 4. The number of nitrogens with zero attached hydrogens (tertiary/aromatic N) is 1. The quantitative estimate of drug-likeness (QED) is 0.322.